The van der Waals surface area contributed by atoms with Crippen LogP contribution in [0.15, 0.2) is 12.4 Å². The number of ether oxygens (including phenoxy) is 1. The third-order valence-corrected chi connectivity index (χ3v) is 4.36. The number of rotatable bonds is 4. The molecule has 1 amide bonds. The molecule has 2 aromatic heterocycles. The Labute approximate surface area is 129 Å². The normalized spacial score (nSPS) is 21.5. The minimum absolute atomic E-state index is 0.0468. The maximum atomic E-state index is 12.8. The van der Waals surface area contributed by atoms with Crippen LogP contribution < -0.4 is 0 Å². The van der Waals surface area contributed by atoms with Gasteiger partial charge in [-0.15, -0.1) is 0 Å². The molecule has 118 valence electrons. The van der Waals surface area contributed by atoms with E-state index in [9.17, 15) is 4.79 Å². The molecule has 1 aliphatic rings. The molecule has 2 aromatic rings. The Balaban J connectivity index is 1.80. The molecule has 0 unspecified atom stereocenters. The Kier molecular flexibility index (Phi) is 3.98. The Morgan fingerprint density at radius 2 is 2.32 bits per heavy atom. The quantitative estimate of drug-likeness (QED) is 0.891. The number of hydrogen-bond acceptors (Lipinski definition) is 4. The molecule has 22 heavy (non-hydrogen) atoms. The van der Waals surface area contributed by atoms with Gasteiger partial charge in [-0.1, -0.05) is 0 Å². The molecule has 1 saturated heterocycles. The number of aryl methyl sites for hydroxylation is 2. The monoisotopic (exact) mass is 303 g/mol. The topological polar surface area (TPSA) is 86.9 Å². The number of likely N-dealkylation sites (tertiary alicyclic amines) is 1. The van der Waals surface area contributed by atoms with E-state index in [0.717, 1.165) is 29.2 Å². The minimum atomic E-state index is -0.0556. The Bertz CT molecular complexity index is 629. The lowest BCUT2D eigenvalue weighted by Gasteiger charge is -2.23. The summed E-state index contributed by atoms with van der Waals surface area (Å²) in [6.07, 6.45) is 4.65. The van der Waals surface area contributed by atoms with Crippen molar-refractivity contribution >= 4 is 5.91 Å². The maximum Gasteiger partial charge on any atom is 0.227 e. The second-order valence-corrected chi connectivity index (χ2v) is 5.72. The fraction of sp³-hybridized carbons (Fsp3) is 0.533. The number of H-pyrrole nitrogens is 2. The average Bonchev–Trinajstić information content (AvgIpc) is 3.22. The van der Waals surface area contributed by atoms with E-state index < -0.39 is 0 Å². The Hall–Kier alpha value is -2.15. The molecule has 3 rings (SSSR count). The maximum absolute atomic E-state index is 12.8. The van der Waals surface area contributed by atoms with Gasteiger partial charge in [-0.25, -0.2) is 4.98 Å². The lowest BCUT2D eigenvalue weighted by molar-refractivity contribution is -0.131. The molecule has 0 spiro atoms. The predicted octanol–water partition coefficient (Wildman–Crippen LogP) is 1.28. The highest BCUT2D eigenvalue weighted by molar-refractivity contribution is 5.80. The summed E-state index contributed by atoms with van der Waals surface area (Å²) in [5, 5.41) is 7.08. The number of aromatic amines is 2. The summed E-state index contributed by atoms with van der Waals surface area (Å²) in [6, 6.07) is -0.0556. The minimum Gasteiger partial charge on any atom is -0.380 e. The van der Waals surface area contributed by atoms with E-state index >= 15 is 0 Å². The van der Waals surface area contributed by atoms with Crippen LogP contribution in [0.4, 0.5) is 0 Å². The second-order valence-electron chi connectivity index (χ2n) is 5.72. The first-order valence-electron chi connectivity index (χ1n) is 7.42. The molecular weight excluding hydrogens is 282 g/mol. The summed E-state index contributed by atoms with van der Waals surface area (Å²) < 4.78 is 5.45. The van der Waals surface area contributed by atoms with Crippen molar-refractivity contribution in [3.05, 3.63) is 35.2 Å². The second kappa shape index (κ2) is 5.92. The van der Waals surface area contributed by atoms with Crippen LogP contribution in [0.1, 0.15) is 35.2 Å². The van der Waals surface area contributed by atoms with Crippen molar-refractivity contribution < 1.29 is 9.53 Å². The third-order valence-electron chi connectivity index (χ3n) is 4.36. The van der Waals surface area contributed by atoms with Crippen LogP contribution in [-0.2, 0) is 16.0 Å². The molecule has 3 heterocycles. The Morgan fingerprint density at radius 3 is 2.91 bits per heavy atom. The first kappa shape index (κ1) is 14.8. The molecule has 7 heteroatoms. The Morgan fingerprint density at radius 1 is 1.50 bits per heavy atom. The molecule has 1 aliphatic heterocycles. The van der Waals surface area contributed by atoms with Crippen LogP contribution in [0.5, 0.6) is 0 Å². The number of hydrogen-bond donors (Lipinski definition) is 2. The fourth-order valence-corrected chi connectivity index (χ4v) is 3.05. The molecule has 2 atom stereocenters. The van der Waals surface area contributed by atoms with Crippen LogP contribution in [0, 0.1) is 13.8 Å². The van der Waals surface area contributed by atoms with Crippen LogP contribution in [0.2, 0.25) is 0 Å². The molecule has 0 saturated carbocycles. The van der Waals surface area contributed by atoms with Gasteiger partial charge in [0.15, 0.2) is 0 Å². The lowest BCUT2D eigenvalue weighted by atomic mass is 10.1. The average molecular weight is 303 g/mol. The summed E-state index contributed by atoms with van der Waals surface area (Å²) in [5.41, 5.74) is 2.80. The molecule has 0 aliphatic carbocycles. The third kappa shape index (κ3) is 2.64. The summed E-state index contributed by atoms with van der Waals surface area (Å²) >= 11 is 0. The van der Waals surface area contributed by atoms with Gasteiger partial charge in [0, 0.05) is 43.7 Å². The van der Waals surface area contributed by atoms with E-state index in [1.165, 1.54) is 0 Å². The smallest absolute Gasteiger partial charge is 0.227 e. The highest BCUT2D eigenvalue weighted by Crippen LogP contribution is 2.32. The largest absolute Gasteiger partial charge is 0.380 e. The van der Waals surface area contributed by atoms with Crippen molar-refractivity contribution in [2.75, 3.05) is 13.7 Å². The van der Waals surface area contributed by atoms with Crippen molar-refractivity contribution in [3.63, 3.8) is 0 Å². The number of imidazole rings is 1. The van der Waals surface area contributed by atoms with Gasteiger partial charge < -0.3 is 14.6 Å². The molecular formula is C15H21N5O2. The number of carbonyl (C=O) groups excluding carboxylic acids is 1. The van der Waals surface area contributed by atoms with Gasteiger partial charge in [0.25, 0.3) is 0 Å². The highest BCUT2D eigenvalue weighted by Gasteiger charge is 2.37. The van der Waals surface area contributed by atoms with Crippen LogP contribution in [0.25, 0.3) is 0 Å². The van der Waals surface area contributed by atoms with Gasteiger partial charge in [-0.2, -0.15) is 5.10 Å². The number of amides is 1. The van der Waals surface area contributed by atoms with E-state index in [-0.39, 0.29) is 18.1 Å². The van der Waals surface area contributed by atoms with Gasteiger partial charge >= 0.3 is 0 Å². The predicted molar refractivity (Wildman–Crippen MR) is 80.2 cm³/mol. The van der Waals surface area contributed by atoms with E-state index in [0.29, 0.717) is 13.0 Å². The number of aromatic nitrogens is 4. The number of nitrogens with zero attached hydrogens (tertiary/aromatic N) is 3. The van der Waals surface area contributed by atoms with Gasteiger partial charge in [0.05, 0.1) is 24.3 Å². The van der Waals surface area contributed by atoms with Crippen molar-refractivity contribution in [2.24, 2.45) is 0 Å². The zero-order valence-corrected chi connectivity index (χ0v) is 13.1. The number of carbonyl (C=O) groups is 1. The van der Waals surface area contributed by atoms with Crippen LogP contribution in [0.3, 0.4) is 0 Å². The van der Waals surface area contributed by atoms with Crippen molar-refractivity contribution in [2.45, 2.75) is 38.8 Å². The molecule has 1 fully saturated rings. The summed E-state index contributed by atoms with van der Waals surface area (Å²) in [7, 11) is 1.68. The van der Waals surface area contributed by atoms with Crippen LogP contribution >= 0.6 is 0 Å². The SMILES string of the molecule is CO[C@@H]1C[C@@H](c2ncc[nH]2)N(C(=O)Cc2c(C)n[nH]c2C)C1. The number of methoxy groups -OCH3 is 1. The van der Waals surface area contributed by atoms with Gasteiger partial charge in [-0.3, -0.25) is 9.89 Å². The first-order valence-corrected chi connectivity index (χ1v) is 7.42. The van der Waals surface area contributed by atoms with E-state index in [4.69, 9.17) is 4.74 Å². The summed E-state index contributed by atoms with van der Waals surface area (Å²) in [4.78, 5) is 22.1. The lowest BCUT2D eigenvalue weighted by Crippen LogP contribution is -2.33. The number of nitrogens with one attached hydrogen (secondary N) is 2. The molecule has 0 aromatic carbocycles. The van der Waals surface area contributed by atoms with Gasteiger partial charge in [0.2, 0.25) is 5.91 Å². The van der Waals surface area contributed by atoms with Gasteiger partial charge in [0.1, 0.15) is 5.82 Å². The zero-order valence-electron chi connectivity index (χ0n) is 13.1. The van der Waals surface area contributed by atoms with Crippen molar-refractivity contribution in [1.82, 2.24) is 25.1 Å². The van der Waals surface area contributed by atoms with E-state index in [2.05, 4.69) is 20.2 Å². The molecule has 0 radical (unpaired) electrons. The van der Waals surface area contributed by atoms with Crippen molar-refractivity contribution in [3.8, 4) is 0 Å². The summed E-state index contributed by atoms with van der Waals surface area (Å²) in [5.74, 6) is 0.891. The van der Waals surface area contributed by atoms with E-state index in [1.807, 2.05) is 18.7 Å². The van der Waals surface area contributed by atoms with Crippen molar-refractivity contribution in [1.29, 1.82) is 0 Å². The molecule has 0 bridgehead atoms. The first-order chi connectivity index (χ1) is 10.6. The van der Waals surface area contributed by atoms with Crippen LogP contribution in [-0.4, -0.2) is 50.7 Å². The standard InChI is InChI=1S/C15H21N5O2/c1-9-12(10(2)19-18-9)7-14(21)20-8-11(22-3)6-13(20)15-16-4-5-17-15/h4-5,11,13H,6-8H2,1-3H3,(H,16,17)(H,18,19)/t11-,13+/m1/s1. The molecule has 7 nitrogen and oxygen atoms in total. The van der Waals surface area contributed by atoms with E-state index in [1.54, 1.807) is 19.5 Å². The fourth-order valence-electron chi connectivity index (χ4n) is 3.05. The highest BCUT2D eigenvalue weighted by atomic mass is 16.5. The summed E-state index contributed by atoms with van der Waals surface area (Å²) in [6.45, 7) is 4.45. The van der Waals surface area contributed by atoms with Gasteiger partial charge in [-0.05, 0) is 13.8 Å². The zero-order chi connectivity index (χ0) is 15.7. The molecule has 2 N–H and O–H groups in total.